The molecule has 0 saturated carbocycles. The van der Waals surface area contributed by atoms with E-state index in [-0.39, 0.29) is 5.41 Å². The first-order chi connectivity index (χ1) is 26.0. The maximum Gasteiger partial charge on any atom is 0.0465 e. The summed E-state index contributed by atoms with van der Waals surface area (Å²) in [4.78, 5) is 2.41. The van der Waals surface area contributed by atoms with Crippen LogP contribution in [0.25, 0.3) is 64.7 Å². The van der Waals surface area contributed by atoms with Gasteiger partial charge in [0.2, 0.25) is 0 Å². The fraction of sp³-hybridized carbons (Fsp3) is 0.0588. The van der Waals surface area contributed by atoms with Crippen molar-refractivity contribution in [3.05, 3.63) is 199 Å². The molecule has 0 atom stereocenters. The molecule has 252 valence electrons. The van der Waals surface area contributed by atoms with E-state index in [2.05, 4.69) is 207 Å². The first-order valence-electron chi connectivity index (χ1n) is 18.3. The Balaban J connectivity index is 1.07. The van der Waals surface area contributed by atoms with Crippen molar-refractivity contribution in [2.45, 2.75) is 19.3 Å². The van der Waals surface area contributed by atoms with Gasteiger partial charge in [0.25, 0.3) is 0 Å². The van der Waals surface area contributed by atoms with Gasteiger partial charge in [0, 0.05) is 42.6 Å². The summed E-state index contributed by atoms with van der Waals surface area (Å²) in [6.07, 6.45) is 0. The first-order valence-corrected chi connectivity index (χ1v) is 19.2. The van der Waals surface area contributed by atoms with Crippen LogP contribution in [0.15, 0.2) is 188 Å². The van der Waals surface area contributed by atoms with Gasteiger partial charge in [0.15, 0.2) is 0 Å². The van der Waals surface area contributed by atoms with Crippen LogP contribution >= 0.6 is 11.3 Å². The molecule has 2 heteroatoms. The topological polar surface area (TPSA) is 3.24 Å². The molecule has 1 aliphatic rings. The van der Waals surface area contributed by atoms with Crippen molar-refractivity contribution in [1.29, 1.82) is 0 Å². The molecule has 0 bridgehead atoms. The molecule has 0 N–H and O–H groups in total. The van der Waals surface area contributed by atoms with Crippen LogP contribution in [0.4, 0.5) is 17.1 Å². The molecule has 0 radical (unpaired) electrons. The highest BCUT2D eigenvalue weighted by atomic mass is 32.1. The minimum Gasteiger partial charge on any atom is -0.310 e. The maximum absolute atomic E-state index is 2.42. The highest BCUT2D eigenvalue weighted by Crippen LogP contribution is 2.51. The van der Waals surface area contributed by atoms with Gasteiger partial charge in [0.1, 0.15) is 0 Å². The van der Waals surface area contributed by atoms with Gasteiger partial charge in [-0.25, -0.2) is 0 Å². The van der Waals surface area contributed by atoms with Crippen molar-refractivity contribution < 1.29 is 0 Å². The lowest BCUT2D eigenvalue weighted by Crippen LogP contribution is -2.16. The average Bonchev–Trinajstić information content (AvgIpc) is 3.71. The molecule has 0 spiro atoms. The fourth-order valence-corrected chi connectivity index (χ4v) is 9.59. The summed E-state index contributed by atoms with van der Waals surface area (Å²) in [6.45, 7) is 4.71. The van der Waals surface area contributed by atoms with Gasteiger partial charge in [-0.05, 0) is 104 Å². The molecule has 1 aliphatic carbocycles. The van der Waals surface area contributed by atoms with Gasteiger partial charge in [-0.15, -0.1) is 11.3 Å². The zero-order valence-corrected chi connectivity index (χ0v) is 30.6. The van der Waals surface area contributed by atoms with E-state index in [4.69, 9.17) is 0 Å². The van der Waals surface area contributed by atoms with Crippen molar-refractivity contribution in [1.82, 2.24) is 0 Å². The Morgan fingerprint density at radius 3 is 1.70 bits per heavy atom. The molecule has 9 aromatic rings. The van der Waals surface area contributed by atoms with E-state index >= 15 is 0 Å². The minimum atomic E-state index is -0.0893. The number of hydrogen-bond acceptors (Lipinski definition) is 2. The molecule has 0 saturated heterocycles. The Hall–Kier alpha value is -6.22. The molecule has 10 rings (SSSR count). The number of anilines is 3. The molecular formula is C51H37NS. The third kappa shape index (κ3) is 5.29. The van der Waals surface area contributed by atoms with Crippen molar-refractivity contribution in [3.63, 3.8) is 0 Å². The summed E-state index contributed by atoms with van der Waals surface area (Å²) in [5.41, 5.74) is 16.1. The molecule has 0 unspecified atom stereocenters. The van der Waals surface area contributed by atoms with E-state index in [1.54, 1.807) is 0 Å². The molecule has 1 heterocycles. The van der Waals surface area contributed by atoms with Gasteiger partial charge in [-0.3, -0.25) is 0 Å². The lowest BCUT2D eigenvalue weighted by molar-refractivity contribution is 0.660. The Morgan fingerprint density at radius 1 is 0.377 bits per heavy atom. The summed E-state index contributed by atoms with van der Waals surface area (Å²) in [5.74, 6) is 0. The third-order valence-corrected chi connectivity index (χ3v) is 12.3. The van der Waals surface area contributed by atoms with E-state index in [0.717, 1.165) is 17.1 Å². The number of fused-ring (bicyclic) bond motifs is 6. The van der Waals surface area contributed by atoms with Gasteiger partial charge < -0.3 is 4.90 Å². The maximum atomic E-state index is 2.42. The normalized spacial score (nSPS) is 12.9. The Kier molecular flexibility index (Phi) is 7.42. The second-order valence-electron chi connectivity index (χ2n) is 14.6. The van der Waals surface area contributed by atoms with E-state index in [0.29, 0.717) is 0 Å². The van der Waals surface area contributed by atoms with E-state index in [9.17, 15) is 0 Å². The van der Waals surface area contributed by atoms with Crippen molar-refractivity contribution in [3.8, 4) is 44.5 Å². The summed E-state index contributed by atoms with van der Waals surface area (Å²) >= 11 is 1.88. The molecule has 53 heavy (non-hydrogen) atoms. The van der Waals surface area contributed by atoms with Crippen LogP contribution in [-0.2, 0) is 5.41 Å². The third-order valence-electron chi connectivity index (χ3n) is 11.1. The second kappa shape index (κ2) is 12.5. The van der Waals surface area contributed by atoms with Crippen LogP contribution in [0.5, 0.6) is 0 Å². The number of hydrogen-bond donors (Lipinski definition) is 0. The van der Waals surface area contributed by atoms with Crippen molar-refractivity contribution in [2.75, 3.05) is 4.90 Å². The summed E-state index contributed by atoms with van der Waals surface area (Å²) in [7, 11) is 0. The highest BCUT2D eigenvalue weighted by molar-refractivity contribution is 7.26. The van der Waals surface area contributed by atoms with Gasteiger partial charge in [-0.1, -0.05) is 153 Å². The average molecular weight is 696 g/mol. The SMILES string of the molecule is CC1(C)c2ccccc2-c2ccc(N(c3ccc(-c4cccc(-c5ccccc5)c4)cc3)c3ccc(-c4cccc5c4sc4ccccc45)cc3)cc21. The molecule has 0 fully saturated rings. The Bertz CT molecular complexity index is 2790. The zero-order valence-electron chi connectivity index (χ0n) is 29.8. The monoisotopic (exact) mass is 695 g/mol. The van der Waals surface area contributed by atoms with Gasteiger partial charge in [0.05, 0.1) is 0 Å². The number of thiophene rings is 1. The van der Waals surface area contributed by atoms with Crippen LogP contribution in [0.2, 0.25) is 0 Å². The van der Waals surface area contributed by atoms with E-state index in [1.807, 2.05) is 11.3 Å². The van der Waals surface area contributed by atoms with Crippen LogP contribution in [0.1, 0.15) is 25.0 Å². The highest BCUT2D eigenvalue weighted by Gasteiger charge is 2.35. The van der Waals surface area contributed by atoms with Crippen molar-refractivity contribution in [2.24, 2.45) is 0 Å². The van der Waals surface area contributed by atoms with Crippen LogP contribution in [-0.4, -0.2) is 0 Å². The standard InChI is InChI=1S/C51H37NS/c1-51(2)47-20-8-6-16-43(47)44-31-30-41(33-48(44)51)52(39-26-22-35(23-27-39)38-15-10-14-37(32-38)34-12-4-3-5-13-34)40-28-24-36(25-29-40)42-18-11-19-46-45-17-7-9-21-49(45)53-50(42)46/h3-33H,1-2H3. The summed E-state index contributed by atoms with van der Waals surface area (Å²) in [6, 6.07) is 69.0. The quantitative estimate of drug-likeness (QED) is 0.167. The first kappa shape index (κ1) is 31.5. The molecular weight excluding hydrogens is 659 g/mol. The predicted octanol–water partition coefficient (Wildman–Crippen LogP) is 14.8. The molecule has 0 amide bonds. The van der Waals surface area contributed by atoms with E-state index in [1.165, 1.54) is 75.8 Å². The second-order valence-corrected chi connectivity index (χ2v) is 15.6. The smallest absolute Gasteiger partial charge is 0.0465 e. The predicted molar refractivity (Wildman–Crippen MR) is 228 cm³/mol. The largest absolute Gasteiger partial charge is 0.310 e. The lowest BCUT2D eigenvalue weighted by atomic mass is 9.82. The Morgan fingerprint density at radius 2 is 0.925 bits per heavy atom. The van der Waals surface area contributed by atoms with Crippen LogP contribution in [0.3, 0.4) is 0 Å². The summed E-state index contributed by atoms with van der Waals surface area (Å²) < 4.78 is 2.67. The summed E-state index contributed by atoms with van der Waals surface area (Å²) in [5, 5.41) is 2.65. The minimum absolute atomic E-state index is 0.0893. The van der Waals surface area contributed by atoms with Crippen LogP contribution in [0, 0.1) is 0 Å². The number of rotatable bonds is 6. The van der Waals surface area contributed by atoms with E-state index < -0.39 is 0 Å². The molecule has 0 aliphatic heterocycles. The lowest BCUT2D eigenvalue weighted by Gasteiger charge is -2.28. The van der Waals surface area contributed by atoms with Crippen LogP contribution < -0.4 is 4.90 Å². The fourth-order valence-electron chi connectivity index (χ4n) is 8.36. The Labute approximate surface area is 315 Å². The number of benzene rings is 8. The van der Waals surface area contributed by atoms with Crippen molar-refractivity contribution >= 4 is 48.6 Å². The molecule has 1 nitrogen and oxygen atoms in total. The molecule has 1 aromatic heterocycles. The zero-order chi connectivity index (χ0) is 35.5. The van der Waals surface area contributed by atoms with Gasteiger partial charge in [-0.2, -0.15) is 0 Å². The molecule has 8 aromatic carbocycles. The number of nitrogens with zero attached hydrogens (tertiary/aromatic N) is 1. The van der Waals surface area contributed by atoms with Gasteiger partial charge >= 0.3 is 0 Å².